The summed E-state index contributed by atoms with van der Waals surface area (Å²) in [4.78, 5) is 13.2. The lowest BCUT2D eigenvalue weighted by Crippen LogP contribution is -2.28. The molecule has 0 bridgehead atoms. The molecule has 33 heavy (non-hydrogen) atoms. The van der Waals surface area contributed by atoms with Crippen molar-refractivity contribution in [3.63, 3.8) is 0 Å². The van der Waals surface area contributed by atoms with E-state index in [4.69, 9.17) is 9.47 Å². The van der Waals surface area contributed by atoms with E-state index in [2.05, 4.69) is 28.2 Å². The molecule has 0 saturated carbocycles. The van der Waals surface area contributed by atoms with Gasteiger partial charge in [0.2, 0.25) is 5.91 Å². The third kappa shape index (κ3) is 4.72. The number of hydrogen-bond donors (Lipinski definition) is 1. The van der Waals surface area contributed by atoms with Gasteiger partial charge in [-0.3, -0.25) is 4.79 Å². The van der Waals surface area contributed by atoms with Gasteiger partial charge >= 0.3 is 0 Å². The van der Waals surface area contributed by atoms with Gasteiger partial charge in [0, 0.05) is 36.5 Å². The molecule has 3 aromatic carbocycles. The molecule has 0 spiro atoms. The number of benzene rings is 3. The van der Waals surface area contributed by atoms with E-state index in [0.29, 0.717) is 17.9 Å². The SMILES string of the molecule is COc1ccc([C@@H](CC(=O)N[C@H](C)c2ccccc2)c2cn(C)c3ccccc23)cc1OC. The van der Waals surface area contributed by atoms with Crippen molar-refractivity contribution in [3.8, 4) is 11.5 Å². The number of carbonyl (C=O) groups is 1. The fraction of sp³-hybridized carbons (Fsp3) is 0.250. The van der Waals surface area contributed by atoms with E-state index in [1.807, 2.05) is 74.6 Å². The van der Waals surface area contributed by atoms with Crippen LogP contribution < -0.4 is 14.8 Å². The fourth-order valence-corrected chi connectivity index (χ4v) is 4.44. The van der Waals surface area contributed by atoms with E-state index >= 15 is 0 Å². The molecular weight excluding hydrogens is 412 g/mol. The highest BCUT2D eigenvalue weighted by atomic mass is 16.5. The topological polar surface area (TPSA) is 52.5 Å². The number of nitrogens with zero attached hydrogens (tertiary/aromatic N) is 1. The minimum absolute atomic E-state index is 0.000859. The van der Waals surface area contributed by atoms with E-state index in [9.17, 15) is 4.79 Å². The molecular formula is C28H30N2O3. The Morgan fingerprint density at radius 2 is 1.61 bits per heavy atom. The molecule has 1 aromatic heterocycles. The monoisotopic (exact) mass is 442 g/mol. The maximum absolute atomic E-state index is 13.2. The van der Waals surface area contributed by atoms with Gasteiger partial charge in [-0.15, -0.1) is 0 Å². The molecule has 5 nitrogen and oxygen atoms in total. The predicted octanol–water partition coefficient (Wildman–Crippen LogP) is 5.59. The van der Waals surface area contributed by atoms with Crippen LogP contribution in [-0.2, 0) is 11.8 Å². The smallest absolute Gasteiger partial charge is 0.221 e. The van der Waals surface area contributed by atoms with E-state index < -0.39 is 0 Å². The van der Waals surface area contributed by atoms with Crippen LogP contribution in [0.25, 0.3) is 10.9 Å². The van der Waals surface area contributed by atoms with Crippen LogP contribution in [0.3, 0.4) is 0 Å². The lowest BCUT2D eigenvalue weighted by molar-refractivity contribution is -0.121. The molecule has 1 heterocycles. The second kappa shape index (κ2) is 9.82. The minimum atomic E-state index is -0.140. The van der Waals surface area contributed by atoms with Crippen LogP contribution in [0.5, 0.6) is 11.5 Å². The van der Waals surface area contributed by atoms with Crippen LogP contribution in [0.4, 0.5) is 0 Å². The van der Waals surface area contributed by atoms with E-state index in [1.54, 1.807) is 14.2 Å². The van der Waals surface area contributed by atoms with Crippen LogP contribution in [-0.4, -0.2) is 24.7 Å². The Morgan fingerprint density at radius 1 is 0.909 bits per heavy atom. The van der Waals surface area contributed by atoms with Crippen LogP contribution in [0.15, 0.2) is 79.0 Å². The van der Waals surface area contributed by atoms with Crippen LogP contribution in [0.1, 0.15) is 42.0 Å². The molecule has 0 aliphatic carbocycles. The van der Waals surface area contributed by atoms with Crippen molar-refractivity contribution in [2.24, 2.45) is 7.05 Å². The second-order valence-corrected chi connectivity index (χ2v) is 8.28. The summed E-state index contributed by atoms with van der Waals surface area (Å²) in [5.41, 5.74) is 4.34. The zero-order chi connectivity index (χ0) is 23.4. The molecule has 0 radical (unpaired) electrons. The lowest BCUT2D eigenvalue weighted by atomic mass is 9.87. The summed E-state index contributed by atoms with van der Waals surface area (Å²) in [5.74, 6) is 1.18. The number of aromatic nitrogens is 1. The Kier molecular flexibility index (Phi) is 6.68. The highest BCUT2D eigenvalue weighted by Crippen LogP contribution is 2.38. The number of methoxy groups -OCH3 is 2. The number of nitrogens with one attached hydrogen (secondary N) is 1. The molecule has 0 fully saturated rings. The average molecular weight is 443 g/mol. The third-order valence-electron chi connectivity index (χ3n) is 6.18. The maximum Gasteiger partial charge on any atom is 0.221 e. The first-order valence-electron chi connectivity index (χ1n) is 11.1. The molecule has 4 rings (SSSR count). The number of ether oxygens (including phenoxy) is 2. The van der Waals surface area contributed by atoms with Crippen LogP contribution in [0, 0.1) is 0 Å². The van der Waals surface area contributed by atoms with E-state index in [-0.39, 0.29) is 17.9 Å². The molecule has 2 atom stereocenters. The largest absolute Gasteiger partial charge is 0.493 e. The van der Waals surface area contributed by atoms with Crippen molar-refractivity contribution in [1.29, 1.82) is 0 Å². The predicted molar refractivity (Wildman–Crippen MR) is 132 cm³/mol. The van der Waals surface area contributed by atoms with Crippen molar-refractivity contribution in [1.82, 2.24) is 9.88 Å². The summed E-state index contributed by atoms with van der Waals surface area (Å²) in [5, 5.41) is 4.31. The van der Waals surface area contributed by atoms with Crippen LogP contribution in [0.2, 0.25) is 0 Å². The number of para-hydroxylation sites is 1. The van der Waals surface area contributed by atoms with Gasteiger partial charge in [0.25, 0.3) is 0 Å². The van der Waals surface area contributed by atoms with Gasteiger partial charge in [0.15, 0.2) is 11.5 Å². The zero-order valence-electron chi connectivity index (χ0n) is 19.5. The number of hydrogen-bond acceptors (Lipinski definition) is 3. The quantitative estimate of drug-likeness (QED) is 0.387. The second-order valence-electron chi connectivity index (χ2n) is 8.28. The first-order valence-corrected chi connectivity index (χ1v) is 11.1. The minimum Gasteiger partial charge on any atom is -0.493 e. The average Bonchev–Trinajstić information content (AvgIpc) is 3.19. The molecule has 170 valence electrons. The molecule has 0 saturated heterocycles. The standard InChI is InChI=1S/C28H30N2O3/c1-19(20-10-6-5-7-11-20)29-28(31)17-23(21-14-15-26(32-3)27(16-21)33-4)24-18-30(2)25-13-9-8-12-22(24)25/h5-16,18-19,23H,17H2,1-4H3,(H,29,31)/t19-,23-/m1/s1. The van der Waals surface area contributed by atoms with Crippen molar-refractivity contribution >= 4 is 16.8 Å². The van der Waals surface area contributed by atoms with Gasteiger partial charge in [0.1, 0.15) is 0 Å². The summed E-state index contributed by atoms with van der Waals surface area (Å²) < 4.78 is 13.1. The van der Waals surface area contributed by atoms with Crippen LogP contribution >= 0.6 is 0 Å². The molecule has 0 aliphatic rings. The number of amides is 1. The van der Waals surface area contributed by atoms with E-state index in [1.165, 1.54) is 0 Å². The molecule has 4 aromatic rings. The van der Waals surface area contributed by atoms with Gasteiger partial charge in [-0.1, -0.05) is 54.6 Å². The maximum atomic E-state index is 13.2. The van der Waals surface area contributed by atoms with Gasteiger partial charge in [0.05, 0.1) is 20.3 Å². The third-order valence-corrected chi connectivity index (χ3v) is 6.18. The van der Waals surface area contributed by atoms with Crippen molar-refractivity contribution in [2.45, 2.75) is 25.3 Å². The summed E-state index contributed by atoms with van der Waals surface area (Å²) in [6.07, 6.45) is 2.45. The summed E-state index contributed by atoms with van der Waals surface area (Å²) in [6.45, 7) is 2.01. The molecule has 1 N–H and O–H groups in total. The normalized spacial score (nSPS) is 12.8. The van der Waals surface area contributed by atoms with Gasteiger partial charge < -0.3 is 19.4 Å². The van der Waals surface area contributed by atoms with Gasteiger partial charge in [-0.05, 0) is 41.8 Å². The fourth-order valence-electron chi connectivity index (χ4n) is 4.44. The molecule has 0 unspecified atom stereocenters. The molecule has 1 amide bonds. The Bertz CT molecular complexity index is 1250. The first kappa shape index (κ1) is 22.5. The van der Waals surface area contributed by atoms with Gasteiger partial charge in [-0.2, -0.15) is 0 Å². The summed E-state index contributed by atoms with van der Waals surface area (Å²) in [6, 6.07) is 24.1. The van der Waals surface area contributed by atoms with Gasteiger partial charge in [-0.25, -0.2) is 0 Å². The first-order chi connectivity index (χ1) is 16.0. The Balaban J connectivity index is 1.71. The lowest BCUT2D eigenvalue weighted by Gasteiger charge is -2.21. The highest BCUT2D eigenvalue weighted by Gasteiger charge is 2.24. The van der Waals surface area contributed by atoms with Crippen molar-refractivity contribution < 1.29 is 14.3 Å². The number of fused-ring (bicyclic) bond motifs is 1. The van der Waals surface area contributed by atoms with Crippen molar-refractivity contribution in [3.05, 3.63) is 95.7 Å². The number of aryl methyl sites for hydroxylation is 1. The zero-order valence-corrected chi connectivity index (χ0v) is 19.5. The van der Waals surface area contributed by atoms with E-state index in [0.717, 1.165) is 27.6 Å². The highest BCUT2D eigenvalue weighted by molar-refractivity contribution is 5.86. The van der Waals surface area contributed by atoms with Crippen molar-refractivity contribution in [2.75, 3.05) is 14.2 Å². The number of rotatable bonds is 8. The summed E-state index contributed by atoms with van der Waals surface area (Å²) in [7, 11) is 5.29. The summed E-state index contributed by atoms with van der Waals surface area (Å²) >= 11 is 0. The Hall–Kier alpha value is -3.73. The number of carbonyl (C=O) groups excluding carboxylic acids is 1. The Morgan fingerprint density at radius 3 is 2.33 bits per heavy atom. The molecule has 0 aliphatic heterocycles. The molecule has 5 heteroatoms. The Labute approximate surface area is 195 Å².